The molecular formula is C9H8N2O2S2. The maximum atomic E-state index is 10.9. The molecule has 0 atom stereocenters. The van der Waals surface area contributed by atoms with Crippen molar-refractivity contribution in [3.63, 3.8) is 0 Å². The Balaban J connectivity index is 3.21. The second-order valence-electron chi connectivity index (χ2n) is 2.38. The summed E-state index contributed by atoms with van der Waals surface area (Å²) in [6.45, 7) is 0. The van der Waals surface area contributed by atoms with Crippen LogP contribution < -0.4 is 0 Å². The van der Waals surface area contributed by atoms with Gasteiger partial charge < -0.3 is 5.11 Å². The van der Waals surface area contributed by atoms with Crippen molar-refractivity contribution >= 4 is 30.4 Å². The summed E-state index contributed by atoms with van der Waals surface area (Å²) in [6, 6.07) is 0. The van der Waals surface area contributed by atoms with Crippen molar-refractivity contribution in [3.05, 3.63) is 17.5 Å². The van der Waals surface area contributed by atoms with Crippen LogP contribution in [0.5, 0.6) is 0 Å². The van der Waals surface area contributed by atoms with Crippen molar-refractivity contribution < 1.29 is 9.90 Å². The fourth-order valence-corrected chi connectivity index (χ4v) is 1.27. The average molecular weight is 240 g/mol. The van der Waals surface area contributed by atoms with E-state index in [2.05, 4.69) is 34.4 Å². The topological polar surface area (TPSA) is 63.1 Å². The number of hydrogen-bond donors (Lipinski definition) is 2. The Kier molecular flexibility index (Phi) is 4.46. The van der Waals surface area contributed by atoms with Crippen molar-refractivity contribution in [1.82, 2.24) is 9.97 Å². The van der Waals surface area contributed by atoms with E-state index in [-0.39, 0.29) is 5.69 Å². The molecule has 4 nitrogen and oxygen atoms in total. The Morgan fingerprint density at radius 2 is 2.47 bits per heavy atom. The molecule has 6 heteroatoms. The zero-order valence-electron chi connectivity index (χ0n) is 7.89. The number of carboxylic acid groups (broad SMARTS) is 1. The lowest BCUT2D eigenvalue weighted by Crippen LogP contribution is -2.06. The van der Waals surface area contributed by atoms with E-state index >= 15 is 0 Å². The highest BCUT2D eigenvalue weighted by Crippen LogP contribution is 2.11. The highest BCUT2D eigenvalue weighted by molar-refractivity contribution is 7.98. The molecule has 0 amide bonds. The van der Waals surface area contributed by atoms with E-state index in [1.165, 1.54) is 18.0 Å². The minimum atomic E-state index is -1.10. The van der Waals surface area contributed by atoms with Gasteiger partial charge in [-0.2, -0.15) is 12.6 Å². The summed E-state index contributed by atoms with van der Waals surface area (Å²) in [4.78, 5) is 18.7. The second-order valence-corrected chi connectivity index (χ2v) is 3.47. The second kappa shape index (κ2) is 5.63. The first-order valence-corrected chi connectivity index (χ1v) is 5.78. The lowest BCUT2D eigenvalue weighted by atomic mass is 10.2. The van der Waals surface area contributed by atoms with Gasteiger partial charge in [0.1, 0.15) is 0 Å². The fourth-order valence-electron chi connectivity index (χ4n) is 0.853. The number of aromatic nitrogens is 2. The molecule has 15 heavy (non-hydrogen) atoms. The Hall–Kier alpha value is -1.19. The first-order valence-electron chi connectivity index (χ1n) is 3.93. The SMILES string of the molecule is CSc1ncc(C#CCS)c(C(=O)O)n1. The van der Waals surface area contributed by atoms with E-state index < -0.39 is 5.97 Å². The normalized spacial score (nSPS) is 9.20. The van der Waals surface area contributed by atoms with Crippen LogP contribution in [0.15, 0.2) is 11.4 Å². The molecule has 78 valence electrons. The van der Waals surface area contributed by atoms with E-state index in [4.69, 9.17) is 5.11 Å². The molecule has 0 saturated heterocycles. The van der Waals surface area contributed by atoms with Gasteiger partial charge in [-0.3, -0.25) is 0 Å². The van der Waals surface area contributed by atoms with Crippen molar-refractivity contribution in [3.8, 4) is 11.8 Å². The van der Waals surface area contributed by atoms with Crippen LogP contribution in [-0.2, 0) is 0 Å². The molecule has 0 spiro atoms. The Bertz CT molecular complexity index is 437. The maximum absolute atomic E-state index is 10.9. The molecule has 1 rings (SSSR count). The molecule has 1 heterocycles. The van der Waals surface area contributed by atoms with Crippen LogP contribution in [0, 0.1) is 11.8 Å². The Morgan fingerprint density at radius 1 is 1.73 bits per heavy atom. The molecule has 0 aliphatic carbocycles. The van der Waals surface area contributed by atoms with Gasteiger partial charge in [0, 0.05) is 6.20 Å². The zero-order chi connectivity index (χ0) is 11.3. The highest BCUT2D eigenvalue weighted by Gasteiger charge is 2.12. The van der Waals surface area contributed by atoms with Gasteiger partial charge in [-0.05, 0) is 6.26 Å². The van der Waals surface area contributed by atoms with E-state index in [0.717, 1.165) is 0 Å². The molecule has 0 radical (unpaired) electrons. The standard InChI is InChI=1S/C9H8N2O2S2/c1-15-9-10-5-6(3-2-4-14)7(11-9)8(12)13/h5,14H,4H2,1H3,(H,12,13). The average Bonchev–Trinajstić information content (AvgIpc) is 2.26. The molecular weight excluding hydrogens is 232 g/mol. The number of rotatable bonds is 2. The van der Waals surface area contributed by atoms with Gasteiger partial charge in [-0.15, -0.1) is 0 Å². The van der Waals surface area contributed by atoms with Gasteiger partial charge in [-0.25, -0.2) is 14.8 Å². The Labute approximate surface area is 96.9 Å². The van der Waals surface area contributed by atoms with Crippen LogP contribution in [0.4, 0.5) is 0 Å². The van der Waals surface area contributed by atoms with Crippen LogP contribution in [0.3, 0.4) is 0 Å². The number of hydrogen-bond acceptors (Lipinski definition) is 5. The smallest absolute Gasteiger partial charge is 0.355 e. The van der Waals surface area contributed by atoms with Crippen LogP contribution in [0.2, 0.25) is 0 Å². The van der Waals surface area contributed by atoms with Gasteiger partial charge >= 0.3 is 5.97 Å². The quantitative estimate of drug-likeness (QED) is 0.352. The highest BCUT2D eigenvalue weighted by atomic mass is 32.2. The summed E-state index contributed by atoms with van der Waals surface area (Å²) in [6.07, 6.45) is 3.19. The molecule has 1 aromatic rings. The number of carboxylic acids is 1. The summed E-state index contributed by atoms with van der Waals surface area (Å²) >= 11 is 5.19. The van der Waals surface area contributed by atoms with E-state index in [0.29, 0.717) is 16.5 Å². The molecule has 0 unspecified atom stereocenters. The largest absolute Gasteiger partial charge is 0.476 e. The molecule has 0 aliphatic rings. The first kappa shape index (κ1) is 11.9. The molecule has 0 aliphatic heterocycles. The molecule has 1 aromatic heterocycles. The fraction of sp³-hybridized carbons (Fsp3) is 0.222. The number of aromatic carboxylic acids is 1. The van der Waals surface area contributed by atoms with Crippen molar-refractivity contribution in [2.45, 2.75) is 5.16 Å². The minimum Gasteiger partial charge on any atom is -0.476 e. The van der Waals surface area contributed by atoms with Crippen LogP contribution in [0.1, 0.15) is 16.1 Å². The van der Waals surface area contributed by atoms with Crippen molar-refractivity contribution in [2.75, 3.05) is 12.0 Å². The van der Waals surface area contributed by atoms with Gasteiger partial charge in [0.05, 0.1) is 11.3 Å². The summed E-state index contributed by atoms with van der Waals surface area (Å²) in [7, 11) is 0. The van der Waals surface area contributed by atoms with Crippen LogP contribution in [0.25, 0.3) is 0 Å². The minimum absolute atomic E-state index is 0.0661. The molecule has 0 aromatic carbocycles. The predicted octanol–water partition coefficient (Wildman–Crippen LogP) is 1.18. The lowest BCUT2D eigenvalue weighted by Gasteiger charge is -1.99. The van der Waals surface area contributed by atoms with Crippen molar-refractivity contribution in [1.29, 1.82) is 0 Å². The van der Waals surface area contributed by atoms with Gasteiger partial charge in [0.15, 0.2) is 10.9 Å². The molecule has 0 bridgehead atoms. The zero-order valence-corrected chi connectivity index (χ0v) is 9.60. The number of thiol groups is 1. The number of thioether (sulfide) groups is 1. The monoisotopic (exact) mass is 240 g/mol. The summed E-state index contributed by atoms with van der Waals surface area (Å²) in [5, 5.41) is 9.32. The third kappa shape index (κ3) is 3.15. The first-order chi connectivity index (χ1) is 7.19. The lowest BCUT2D eigenvalue weighted by molar-refractivity contribution is 0.0689. The molecule has 1 N–H and O–H groups in total. The number of nitrogens with zero attached hydrogens (tertiary/aromatic N) is 2. The van der Waals surface area contributed by atoms with Gasteiger partial charge in [0.25, 0.3) is 0 Å². The van der Waals surface area contributed by atoms with Gasteiger partial charge in [-0.1, -0.05) is 23.6 Å². The van der Waals surface area contributed by atoms with E-state index in [9.17, 15) is 4.79 Å². The predicted molar refractivity (Wildman–Crippen MR) is 61.5 cm³/mol. The van der Waals surface area contributed by atoms with E-state index in [1.807, 2.05) is 0 Å². The summed E-state index contributed by atoms with van der Waals surface area (Å²) < 4.78 is 0. The molecule has 0 fully saturated rings. The van der Waals surface area contributed by atoms with Gasteiger partial charge in [0.2, 0.25) is 0 Å². The Morgan fingerprint density at radius 3 is 3.00 bits per heavy atom. The maximum Gasteiger partial charge on any atom is 0.355 e. The summed E-state index contributed by atoms with van der Waals surface area (Å²) in [5.74, 6) is 4.58. The third-order valence-electron chi connectivity index (χ3n) is 1.45. The number of carbonyl (C=O) groups is 1. The third-order valence-corrected chi connectivity index (χ3v) is 2.17. The van der Waals surface area contributed by atoms with Crippen LogP contribution in [-0.4, -0.2) is 33.1 Å². The summed E-state index contributed by atoms with van der Waals surface area (Å²) in [5.41, 5.74) is 0.248. The van der Waals surface area contributed by atoms with E-state index in [1.54, 1.807) is 6.26 Å². The molecule has 0 saturated carbocycles. The van der Waals surface area contributed by atoms with Crippen molar-refractivity contribution in [2.24, 2.45) is 0 Å². The van der Waals surface area contributed by atoms with Crippen LogP contribution >= 0.6 is 24.4 Å².